The van der Waals surface area contributed by atoms with E-state index in [0.29, 0.717) is 38.8 Å². The SMILES string of the molecule is CCOC(=O)N1CCC(N2CCN(C(=O)Nc3ccccc3F)CC2)CC1. The third-order valence-electron chi connectivity index (χ3n) is 5.22. The number of anilines is 1. The summed E-state index contributed by atoms with van der Waals surface area (Å²) < 4.78 is 18.7. The molecule has 0 bridgehead atoms. The van der Waals surface area contributed by atoms with Gasteiger partial charge in [0.05, 0.1) is 12.3 Å². The van der Waals surface area contributed by atoms with Gasteiger partial charge in [-0.25, -0.2) is 14.0 Å². The molecule has 0 radical (unpaired) electrons. The summed E-state index contributed by atoms with van der Waals surface area (Å²) in [4.78, 5) is 30.0. The molecule has 8 heteroatoms. The number of piperazine rings is 1. The maximum Gasteiger partial charge on any atom is 0.409 e. The van der Waals surface area contributed by atoms with Gasteiger partial charge in [-0.3, -0.25) is 4.90 Å². The minimum atomic E-state index is -0.433. The van der Waals surface area contributed by atoms with Crippen LogP contribution in [0.25, 0.3) is 0 Å². The van der Waals surface area contributed by atoms with Crippen molar-refractivity contribution < 1.29 is 18.7 Å². The smallest absolute Gasteiger partial charge is 0.409 e. The summed E-state index contributed by atoms with van der Waals surface area (Å²) in [6.07, 6.45) is 1.60. The summed E-state index contributed by atoms with van der Waals surface area (Å²) in [5.41, 5.74) is 0.205. The van der Waals surface area contributed by atoms with Crippen molar-refractivity contribution in [2.75, 3.05) is 51.2 Å². The van der Waals surface area contributed by atoms with Gasteiger partial charge in [-0.1, -0.05) is 12.1 Å². The number of amides is 3. The first-order valence-electron chi connectivity index (χ1n) is 9.54. The topological polar surface area (TPSA) is 65.1 Å². The third-order valence-corrected chi connectivity index (χ3v) is 5.22. The average molecular weight is 378 g/mol. The van der Waals surface area contributed by atoms with Gasteiger partial charge in [0.1, 0.15) is 5.82 Å². The van der Waals surface area contributed by atoms with Crippen molar-refractivity contribution in [2.45, 2.75) is 25.8 Å². The molecule has 2 fully saturated rings. The van der Waals surface area contributed by atoms with E-state index in [9.17, 15) is 14.0 Å². The molecule has 0 spiro atoms. The van der Waals surface area contributed by atoms with Crippen LogP contribution >= 0.6 is 0 Å². The van der Waals surface area contributed by atoms with Crippen LogP contribution in [0, 0.1) is 5.82 Å². The van der Waals surface area contributed by atoms with Crippen molar-refractivity contribution in [2.24, 2.45) is 0 Å². The number of nitrogens with zero attached hydrogens (tertiary/aromatic N) is 3. The lowest BCUT2D eigenvalue weighted by Gasteiger charge is -2.42. The van der Waals surface area contributed by atoms with Gasteiger partial charge < -0.3 is 19.9 Å². The molecule has 0 aliphatic carbocycles. The van der Waals surface area contributed by atoms with Crippen molar-refractivity contribution in [1.82, 2.24) is 14.7 Å². The van der Waals surface area contributed by atoms with E-state index in [-0.39, 0.29) is 17.8 Å². The fourth-order valence-corrected chi connectivity index (χ4v) is 3.68. The number of carbonyl (C=O) groups is 2. The molecule has 0 saturated carbocycles. The molecule has 7 nitrogen and oxygen atoms in total. The number of likely N-dealkylation sites (tertiary alicyclic amines) is 1. The highest BCUT2D eigenvalue weighted by Crippen LogP contribution is 2.20. The predicted molar refractivity (Wildman–Crippen MR) is 100 cm³/mol. The number of urea groups is 1. The molecule has 2 heterocycles. The monoisotopic (exact) mass is 378 g/mol. The van der Waals surface area contributed by atoms with Crippen LogP contribution in [0.4, 0.5) is 19.7 Å². The van der Waals surface area contributed by atoms with E-state index >= 15 is 0 Å². The predicted octanol–water partition coefficient (Wildman–Crippen LogP) is 2.60. The summed E-state index contributed by atoms with van der Waals surface area (Å²) in [5.74, 6) is -0.433. The summed E-state index contributed by atoms with van der Waals surface area (Å²) >= 11 is 0. The number of ether oxygens (including phenoxy) is 1. The van der Waals surface area contributed by atoms with E-state index in [1.807, 2.05) is 6.92 Å². The van der Waals surface area contributed by atoms with E-state index in [4.69, 9.17) is 4.74 Å². The molecule has 0 aromatic heterocycles. The summed E-state index contributed by atoms with van der Waals surface area (Å²) in [5, 5.41) is 2.64. The minimum absolute atomic E-state index is 0.205. The van der Waals surface area contributed by atoms with Gasteiger partial charge in [-0.2, -0.15) is 0 Å². The Balaban J connectivity index is 1.43. The zero-order chi connectivity index (χ0) is 19.2. The molecule has 1 aromatic rings. The number of halogens is 1. The van der Waals surface area contributed by atoms with Gasteiger partial charge >= 0.3 is 12.1 Å². The normalized spacial score (nSPS) is 19.0. The molecule has 2 saturated heterocycles. The number of hydrogen-bond donors (Lipinski definition) is 1. The first-order chi connectivity index (χ1) is 13.1. The van der Waals surface area contributed by atoms with Crippen molar-refractivity contribution in [3.05, 3.63) is 30.1 Å². The molecule has 2 aliphatic rings. The Hall–Kier alpha value is -2.35. The van der Waals surface area contributed by atoms with Crippen LogP contribution in [0.1, 0.15) is 19.8 Å². The molecule has 148 valence electrons. The lowest BCUT2D eigenvalue weighted by molar-refractivity contribution is 0.0581. The van der Waals surface area contributed by atoms with Crippen LogP contribution in [0.5, 0.6) is 0 Å². The van der Waals surface area contributed by atoms with Crippen molar-refractivity contribution in [3.8, 4) is 0 Å². The lowest BCUT2D eigenvalue weighted by atomic mass is 10.0. The Morgan fingerprint density at radius 1 is 1.07 bits per heavy atom. The van der Waals surface area contributed by atoms with E-state index in [2.05, 4.69) is 10.2 Å². The average Bonchev–Trinajstić information content (AvgIpc) is 2.70. The Bertz CT molecular complexity index is 656. The van der Waals surface area contributed by atoms with Crippen LogP contribution in [-0.2, 0) is 4.74 Å². The zero-order valence-electron chi connectivity index (χ0n) is 15.7. The molecular formula is C19H27FN4O3. The Morgan fingerprint density at radius 2 is 1.74 bits per heavy atom. The zero-order valence-corrected chi connectivity index (χ0v) is 15.7. The maximum absolute atomic E-state index is 13.7. The number of rotatable bonds is 3. The first kappa shape index (κ1) is 19.4. The van der Waals surface area contributed by atoms with Crippen LogP contribution in [0.2, 0.25) is 0 Å². The van der Waals surface area contributed by atoms with Gasteiger partial charge in [0.25, 0.3) is 0 Å². The van der Waals surface area contributed by atoms with Gasteiger partial charge in [-0.05, 0) is 31.9 Å². The lowest BCUT2D eigenvalue weighted by Crippen LogP contribution is -2.55. The van der Waals surface area contributed by atoms with E-state index in [1.165, 1.54) is 6.07 Å². The molecule has 3 amide bonds. The standard InChI is InChI=1S/C19H27FN4O3/c1-2-27-19(26)24-9-7-15(8-10-24)22-11-13-23(14-12-22)18(25)21-17-6-4-3-5-16(17)20/h3-6,15H,2,7-14H2,1H3,(H,21,25). The van der Waals surface area contributed by atoms with E-state index in [1.54, 1.807) is 28.0 Å². The number of para-hydroxylation sites is 1. The van der Waals surface area contributed by atoms with Crippen LogP contribution in [0.15, 0.2) is 24.3 Å². The number of nitrogens with one attached hydrogen (secondary N) is 1. The summed E-state index contributed by atoms with van der Waals surface area (Å²) in [6.45, 7) is 6.41. The fraction of sp³-hybridized carbons (Fsp3) is 0.579. The second kappa shape index (κ2) is 9.03. The molecule has 0 atom stereocenters. The third kappa shape index (κ3) is 4.88. The number of benzene rings is 1. The van der Waals surface area contributed by atoms with Crippen LogP contribution in [-0.4, -0.2) is 78.7 Å². The summed E-state index contributed by atoms with van der Waals surface area (Å²) in [6, 6.07) is 6.33. The summed E-state index contributed by atoms with van der Waals surface area (Å²) in [7, 11) is 0. The number of carbonyl (C=O) groups excluding carboxylic acids is 2. The number of piperidine rings is 1. The molecular weight excluding hydrogens is 351 g/mol. The van der Waals surface area contributed by atoms with Crippen molar-refractivity contribution in [1.29, 1.82) is 0 Å². The van der Waals surface area contributed by atoms with E-state index < -0.39 is 5.82 Å². The fourth-order valence-electron chi connectivity index (χ4n) is 3.68. The molecule has 1 aromatic carbocycles. The minimum Gasteiger partial charge on any atom is -0.450 e. The molecule has 2 aliphatic heterocycles. The van der Waals surface area contributed by atoms with Crippen molar-refractivity contribution >= 4 is 17.8 Å². The van der Waals surface area contributed by atoms with Gasteiger partial charge in [-0.15, -0.1) is 0 Å². The Kier molecular flexibility index (Phi) is 6.49. The largest absolute Gasteiger partial charge is 0.450 e. The maximum atomic E-state index is 13.7. The molecule has 27 heavy (non-hydrogen) atoms. The first-order valence-corrected chi connectivity index (χ1v) is 9.54. The van der Waals surface area contributed by atoms with E-state index in [0.717, 1.165) is 25.9 Å². The second-order valence-corrected chi connectivity index (χ2v) is 6.85. The van der Waals surface area contributed by atoms with Gasteiger partial charge in [0, 0.05) is 45.3 Å². The van der Waals surface area contributed by atoms with Gasteiger partial charge in [0.15, 0.2) is 0 Å². The quantitative estimate of drug-likeness (QED) is 0.878. The molecule has 3 rings (SSSR count). The number of hydrogen-bond acceptors (Lipinski definition) is 4. The highest BCUT2D eigenvalue weighted by Gasteiger charge is 2.30. The second-order valence-electron chi connectivity index (χ2n) is 6.85. The Morgan fingerprint density at radius 3 is 2.37 bits per heavy atom. The van der Waals surface area contributed by atoms with Crippen molar-refractivity contribution in [3.63, 3.8) is 0 Å². The molecule has 1 N–H and O–H groups in total. The molecule has 0 unspecified atom stereocenters. The Labute approximate surface area is 159 Å². The highest BCUT2D eigenvalue weighted by atomic mass is 19.1. The van der Waals surface area contributed by atoms with Gasteiger partial charge in [0.2, 0.25) is 0 Å². The van der Waals surface area contributed by atoms with Crippen LogP contribution in [0.3, 0.4) is 0 Å². The van der Waals surface area contributed by atoms with Crippen LogP contribution < -0.4 is 5.32 Å². The highest BCUT2D eigenvalue weighted by molar-refractivity contribution is 5.89.